The Hall–Kier alpha value is 0.01000. The Morgan fingerprint density at radius 2 is 1.86 bits per heavy atom. The van der Waals surface area contributed by atoms with Crippen LogP contribution in [0.4, 0.5) is 0 Å². The van der Waals surface area contributed by atoms with Crippen LogP contribution in [-0.4, -0.2) is 83.0 Å². The number of halogens is 1. The van der Waals surface area contributed by atoms with E-state index in [0.29, 0.717) is 23.8 Å². The highest BCUT2D eigenvalue weighted by atomic mass is 35.5. The predicted molar refractivity (Wildman–Crippen MR) is 107 cm³/mol. The van der Waals surface area contributed by atoms with E-state index in [1.165, 1.54) is 0 Å². The summed E-state index contributed by atoms with van der Waals surface area (Å²) in [4.78, 5) is 2.24. The quantitative estimate of drug-likeness (QED) is 0.407. The number of hydrogen-bond acceptors (Lipinski definition) is 7. The van der Waals surface area contributed by atoms with E-state index in [1.54, 1.807) is 0 Å². The third-order valence-electron chi connectivity index (χ3n) is 8.15. The molecule has 0 aromatic heterocycles. The number of piperidine rings is 1. The second-order valence-corrected chi connectivity index (χ2v) is 10.2. The molecule has 0 aromatic carbocycles. The van der Waals surface area contributed by atoms with E-state index in [2.05, 4.69) is 27.8 Å². The topological polar surface area (TPSA) is 89.0 Å². The molecule has 6 unspecified atom stereocenters. The molecule has 0 spiro atoms. The Morgan fingerprint density at radius 3 is 2.71 bits per heavy atom. The minimum Gasteiger partial charge on any atom is -0.387 e. The average molecular weight is 415 g/mol. The zero-order valence-electron chi connectivity index (χ0n) is 16.6. The van der Waals surface area contributed by atoms with Crippen LogP contribution in [0.1, 0.15) is 39.0 Å². The average Bonchev–Trinajstić information content (AvgIpc) is 3.24. The molecule has 7 nitrogen and oxygen atoms in total. The molecule has 5 rings (SSSR count). The monoisotopic (exact) mass is 414 g/mol. The number of ether oxygens (including phenoxy) is 1. The summed E-state index contributed by atoms with van der Waals surface area (Å²) >= 11 is 6.42. The Morgan fingerprint density at radius 1 is 1.00 bits per heavy atom. The second-order valence-electron chi connectivity index (χ2n) is 9.58. The number of nitrogens with one attached hydrogen (secondary N) is 3. The number of aliphatic hydroxyl groups is 2. The van der Waals surface area contributed by atoms with Crippen molar-refractivity contribution in [2.75, 3.05) is 19.8 Å². The van der Waals surface area contributed by atoms with Gasteiger partial charge in [-0.15, -0.1) is 11.6 Å². The van der Waals surface area contributed by atoms with Gasteiger partial charge in [-0.05, 0) is 57.4 Å². The molecular formula is C20H35ClN4O3. The molecule has 1 saturated carbocycles. The summed E-state index contributed by atoms with van der Waals surface area (Å²) in [6.07, 6.45) is 3.04. The van der Waals surface area contributed by atoms with Gasteiger partial charge in [0.15, 0.2) is 0 Å². The summed E-state index contributed by atoms with van der Waals surface area (Å²) in [6, 6.07) is 0.540. The van der Waals surface area contributed by atoms with Gasteiger partial charge >= 0.3 is 0 Å². The first-order chi connectivity index (χ1) is 13.5. The first-order valence-electron chi connectivity index (χ1n) is 11.2. The maximum Gasteiger partial charge on any atom is 0.141 e. The number of hydrogen-bond donors (Lipinski definition) is 5. The van der Waals surface area contributed by atoms with Crippen LogP contribution in [-0.2, 0) is 4.74 Å². The van der Waals surface area contributed by atoms with Crippen molar-refractivity contribution in [2.24, 2.45) is 17.8 Å². The van der Waals surface area contributed by atoms with Crippen molar-refractivity contribution in [3.63, 3.8) is 0 Å². The van der Waals surface area contributed by atoms with Crippen LogP contribution in [0.3, 0.4) is 0 Å². The summed E-state index contributed by atoms with van der Waals surface area (Å²) in [7, 11) is 0. The molecule has 8 heteroatoms. The van der Waals surface area contributed by atoms with Gasteiger partial charge < -0.3 is 25.6 Å². The molecule has 0 aromatic rings. The van der Waals surface area contributed by atoms with Gasteiger partial charge in [0.25, 0.3) is 0 Å². The maximum absolute atomic E-state index is 10.9. The Balaban J connectivity index is 1.31. The van der Waals surface area contributed by atoms with Crippen molar-refractivity contribution >= 4 is 11.6 Å². The molecule has 11 atom stereocenters. The molecule has 1 aliphatic carbocycles. The minimum absolute atomic E-state index is 0.0934. The van der Waals surface area contributed by atoms with Gasteiger partial charge in [-0.2, -0.15) is 0 Å². The maximum atomic E-state index is 10.9. The van der Waals surface area contributed by atoms with Crippen LogP contribution >= 0.6 is 11.6 Å². The number of aliphatic hydroxyl groups excluding tert-OH is 2. The highest BCUT2D eigenvalue weighted by Gasteiger charge is 2.55. The molecule has 4 saturated heterocycles. The molecule has 5 fully saturated rings. The summed E-state index contributed by atoms with van der Waals surface area (Å²) in [5.74, 6) is 1.56. The van der Waals surface area contributed by atoms with Crippen molar-refractivity contribution in [1.82, 2.24) is 20.9 Å². The zero-order valence-corrected chi connectivity index (χ0v) is 17.4. The van der Waals surface area contributed by atoms with Crippen LogP contribution < -0.4 is 16.0 Å². The van der Waals surface area contributed by atoms with Crippen molar-refractivity contribution in [2.45, 2.75) is 87.2 Å². The lowest BCUT2D eigenvalue weighted by Crippen LogP contribution is -2.61. The fourth-order valence-electron chi connectivity index (χ4n) is 6.63. The van der Waals surface area contributed by atoms with Gasteiger partial charge in [0, 0.05) is 36.6 Å². The highest BCUT2D eigenvalue weighted by Crippen LogP contribution is 2.43. The fourth-order valence-corrected chi connectivity index (χ4v) is 6.99. The minimum atomic E-state index is -0.873. The van der Waals surface area contributed by atoms with E-state index >= 15 is 0 Å². The van der Waals surface area contributed by atoms with Crippen molar-refractivity contribution in [3.8, 4) is 0 Å². The Kier molecular flexibility index (Phi) is 5.65. The van der Waals surface area contributed by atoms with E-state index in [-0.39, 0.29) is 23.7 Å². The van der Waals surface area contributed by atoms with Crippen LogP contribution in [0.2, 0.25) is 0 Å². The number of rotatable bonds is 2. The largest absolute Gasteiger partial charge is 0.387 e. The first kappa shape index (κ1) is 19.9. The number of fused-ring (bicyclic) bond motifs is 2. The van der Waals surface area contributed by atoms with Crippen molar-refractivity contribution < 1.29 is 14.9 Å². The SMILES string of the molecule is CC1NCNC2C1CCN2[C@@H]1O[C@H]([C@@H]2NCCC3CC(Cl)CCC32)[C@@H](O)[C@H]1O. The molecule has 5 aliphatic rings. The van der Waals surface area contributed by atoms with E-state index in [0.717, 1.165) is 51.9 Å². The summed E-state index contributed by atoms with van der Waals surface area (Å²) < 4.78 is 6.44. The Bertz CT molecular complexity index is 572. The molecular weight excluding hydrogens is 380 g/mol. The van der Waals surface area contributed by atoms with Gasteiger partial charge in [0.1, 0.15) is 24.5 Å². The van der Waals surface area contributed by atoms with Crippen LogP contribution in [0.25, 0.3) is 0 Å². The highest BCUT2D eigenvalue weighted by molar-refractivity contribution is 6.20. The lowest BCUT2D eigenvalue weighted by Gasteiger charge is -2.46. The van der Waals surface area contributed by atoms with Crippen LogP contribution in [0.15, 0.2) is 0 Å². The van der Waals surface area contributed by atoms with Crippen molar-refractivity contribution in [3.05, 3.63) is 0 Å². The van der Waals surface area contributed by atoms with E-state index in [1.807, 2.05) is 0 Å². The molecule has 0 bridgehead atoms. The molecule has 5 N–H and O–H groups in total. The van der Waals surface area contributed by atoms with E-state index in [9.17, 15) is 10.2 Å². The number of likely N-dealkylation sites (tertiary alicyclic amines) is 1. The molecule has 4 heterocycles. The number of nitrogens with zero attached hydrogens (tertiary/aromatic N) is 1. The van der Waals surface area contributed by atoms with Gasteiger partial charge in [0.2, 0.25) is 0 Å². The summed E-state index contributed by atoms with van der Waals surface area (Å²) in [5, 5.41) is 32.7. The predicted octanol–water partition coefficient (Wildman–Crippen LogP) is 0.00550. The zero-order chi connectivity index (χ0) is 19.4. The molecule has 160 valence electrons. The smallest absolute Gasteiger partial charge is 0.141 e. The van der Waals surface area contributed by atoms with E-state index in [4.69, 9.17) is 16.3 Å². The lowest BCUT2D eigenvalue weighted by atomic mass is 9.69. The molecule has 28 heavy (non-hydrogen) atoms. The third kappa shape index (κ3) is 3.32. The normalized spacial score (nSPS) is 55.1. The van der Waals surface area contributed by atoms with Gasteiger partial charge in [-0.25, -0.2) is 0 Å². The second kappa shape index (κ2) is 7.93. The fraction of sp³-hybridized carbons (Fsp3) is 1.00. The van der Waals surface area contributed by atoms with Crippen molar-refractivity contribution in [1.29, 1.82) is 0 Å². The molecule has 0 amide bonds. The van der Waals surface area contributed by atoms with Crippen LogP contribution in [0.5, 0.6) is 0 Å². The van der Waals surface area contributed by atoms with Gasteiger partial charge in [-0.3, -0.25) is 10.2 Å². The summed E-state index contributed by atoms with van der Waals surface area (Å²) in [6.45, 7) is 4.81. The summed E-state index contributed by atoms with van der Waals surface area (Å²) in [5.41, 5.74) is 0. The molecule has 4 aliphatic heterocycles. The van der Waals surface area contributed by atoms with Gasteiger partial charge in [-0.1, -0.05) is 0 Å². The standard InChI is InChI=1S/C20H35ClN4O3/c1-10-13-5-7-25(19(13)24-9-23-10)20-17(27)16(26)18(28-20)15-14-3-2-12(21)8-11(14)4-6-22-15/h10-20,22-24,26-27H,2-9H2,1H3/t10?,11?,12?,13?,14?,15-,16+,17-,18-,19?,20-/m1/s1. The van der Waals surface area contributed by atoms with Gasteiger partial charge in [0.05, 0.1) is 6.17 Å². The van der Waals surface area contributed by atoms with Crippen LogP contribution in [0, 0.1) is 17.8 Å². The number of alkyl halides is 1. The Labute approximate surface area is 172 Å². The third-order valence-corrected chi connectivity index (χ3v) is 8.55. The van der Waals surface area contributed by atoms with E-state index < -0.39 is 18.4 Å². The lowest BCUT2D eigenvalue weighted by molar-refractivity contribution is -0.119. The molecule has 0 radical (unpaired) electrons. The first-order valence-corrected chi connectivity index (χ1v) is 11.6.